The van der Waals surface area contributed by atoms with E-state index in [1.807, 2.05) is 19.9 Å². The molecule has 4 nitrogen and oxygen atoms in total. The van der Waals surface area contributed by atoms with Crippen molar-refractivity contribution in [3.05, 3.63) is 0 Å². The summed E-state index contributed by atoms with van der Waals surface area (Å²) in [6.07, 6.45) is 1.27. The van der Waals surface area contributed by atoms with Crippen LogP contribution in [0, 0.1) is 17.2 Å². The highest BCUT2D eigenvalue weighted by atomic mass is 32.2. The van der Waals surface area contributed by atoms with Gasteiger partial charge in [-0.15, -0.1) is 0 Å². The van der Waals surface area contributed by atoms with Gasteiger partial charge < -0.3 is 0 Å². The van der Waals surface area contributed by atoms with E-state index in [-0.39, 0.29) is 0 Å². The van der Waals surface area contributed by atoms with Crippen molar-refractivity contribution in [1.82, 2.24) is 4.31 Å². The summed E-state index contributed by atoms with van der Waals surface area (Å²) in [5.41, 5.74) is 0. The van der Waals surface area contributed by atoms with E-state index in [1.165, 1.54) is 4.31 Å². The molecule has 0 aromatic heterocycles. The highest BCUT2D eigenvalue weighted by Crippen LogP contribution is 2.13. The molecule has 0 amide bonds. The SMILES string of the molecule is CCC(C)CN(C)S(=O)(=O)C(C#N)CC. The quantitative estimate of drug-likeness (QED) is 0.698. The predicted molar refractivity (Wildman–Crippen MR) is 60.7 cm³/mol. The summed E-state index contributed by atoms with van der Waals surface area (Å²) in [6, 6.07) is 1.83. The van der Waals surface area contributed by atoms with Crippen molar-refractivity contribution >= 4 is 10.0 Å². The second-order valence-corrected chi connectivity index (χ2v) is 6.09. The van der Waals surface area contributed by atoms with Crippen molar-refractivity contribution in [3.8, 4) is 6.07 Å². The molecular formula is C10H20N2O2S. The number of sulfonamides is 1. The molecule has 0 N–H and O–H groups in total. The van der Waals surface area contributed by atoms with Crippen LogP contribution in [-0.4, -0.2) is 31.6 Å². The normalized spacial score (nSPS) is 16.0. The Morgan fingerprint density at radius 3 is 2.20 bits per heavy atom. The summed E-state index contributed by atoms with van der Waals surface area (Å²) in [4.78, 5) is 0. The molecule has 0 bridgehead atoms. The molecule has 0 fully saturated rings. The molecule has 2 atom stereocenters. The first-order chi connectivity index (χ1) is 6.89. The minimum absolute atomic E-state index is 0.320. The zero-order valence-corrected chi connectivity index (χ0v) is 10.7. The first-order valence-corrected chi connectivity index (χ1v) is 6.75. The van der Waals surface area contributed by atoms with Crippen LogP contribution in [0.15, 0.2) is 0 Å². The van der Waals surface area contributed by atoms with Crippen LogP contribution in [0.1, 0.15) is 33.6 Å². The molecule has 0 aromatic rings. The number of nitriles is 1. The molecule has 0 rings (SSSR count). The van der Waals surface area contributed by atoms with E-state index in [4.69, 9.17) is 5.26 Å². The molecule has 2 unspecified atom stereocenters. The number of nitrogens with zero attached hydrogens (tertiary/aromatic N) is 2. The lowest BCUT2D eigenvalue weighted by molar-refractivity contribution is 0.390. The lowest BCUT2D eigenvalue weighted by Crippen LogP contribution is -2.37. The van der Waals surface area contributed by atoms with Crippen LogP contribution in [-0.2, 0) is 10.0 Å². The van der Waals surface area contributed by atoms with E-state index in [0.29, 0.717) is 18.9 Å². The Labute approximate surface area is 92.9 Å². The van der Waals surface area contributed by atoms with Crippen LogP contribution in [0.3, 0.4) is 0 Å². The number of hydrogen-bond acceptors (Lipinski definition) is 3. The maximum absolute atomic E-state index is 11.8. The first kappa shape index (κ1) is 14.4. The third-order valence-corrected chi connectivity index (χ3v) is 4.75. The Hall–Kier alpha value is -0.600. The molecule has 0 saturated carbocycles. The molecule has 0 aliphatic carbocycles. The molecule has 88 valence electrons. The van der Waals surface area contributed by atoms with Gasteiger partial charge in [0.15, 0.2) is 5.25 Å². The molecule has 0 spiro atoms. The van der Waals surface area contributed by atoms with Gasteiger partial charge in [0.2, 0.25) is 10.0 Å². The molecule has 15 heavy (non-hydrogen) atoms. The zero-order valence-electron chi connectivity index (χ0n) is 9.90. The van der Waals surface area contributed by atoms with Crippen molar-refractivity contribution in [1.29, 1.82) is 5.26 Å². The predicted octanol–water partition coefficient (Wildman–Crippen LogP) is 1.60. The maximum Gasteiger partial charge on any atom is 0.230 e. The fourth-order valence-corrected chi connectivity index (χ4v) is 2.71. The highest BCUT2D eigenvalue weighted by Gasteiger charge is 2.28. The van der Waals surface area contributed by atoms with Gasteiger partial charge in [-0.2, -0.15) is 5.26 Å². The fraction of sp³-hybridized carbons (Fsp3) is 0.900. The summed E-state index contributed by atoms with van der Waals surface area (Å²) in [5, 5.41) is 7.84. The van der Waals surface area contributed by atoms with Crippen molar-refractivity contribution < 1.29 is 8.42 Å². The summed E-state index contributed by atoms with van der Waals surface area (Å²) >= 11 is 0. The molecule has 0 aliphatic heterocycles. The van der Waals surface area contributed by atoms with Crippen molar-refractivity contribution in [2.75, 3.05) is 13.6 Å². The summed E-state index contributed by atoms with van der Waals surface area (Å²) in [5.74, 6) is 0.320. The Bertz CT molecular complexity index is 319. The van der Waals surface area contributed by atoms with E-state index in [1.54, 1.807) is 14.0 Å². The number of hydrogen-bond donors (Lipinski definition) is 0. The van der Waals surface area contributed by atoms with Gasteiger partial charge >= 0.3 is 0 Å². The van der Waals surface area contributed by atoms with Crippen molar-refractivity contribution in [3.63, 3.8) is 0 Å². The highest BCUT2D eigenvalue weighted by molar-refractivity contribution is 7.89. The van der Waals surface area contributed by atoms with E-state index in [0.717, 1.165) is 6.42 Å². The van der Waals surface area contributed by atoms with Gasteiger partial charge in [-0.05, 0) is 12.3 Å². The van der Waals surface area contributed by atoms with Crippen LogP contribution in [0.2, 0.25) is 0 Å². The Morgan fingerprint density at radius 1 is 1.33 bits per heavy atom. The summed E-state index contributed by atoms with van der Waals surface area (Å²) in [6.45, 7) is 6.21. The van der Waals surface area contributed by atoms with Gasteiger partial charge in [-0.25, -0.2) is 12.7 Å². The van der Waals surface area contributed by atoms with Crippen LogP contribution < -0.4 is 0 Å². The maximum atomic E-state index is 11.8. The van der Waals surface area contributed by atoms with Crippen LogP contribution in [0.4, 0.5) is 0 Å². The van der Waals surface area contributed by atoms with E-state index in [9.17, 15) is 8.42 Å². The zero-order chi connectivity index (χ0) is 12.1. The minimum atomic E-state index is -3.43. The second kappa shape index (κ2) is 6.09. The molecule has 0 saturated heterocycles. The first-order valence-electron chi connectivity index (χ1n) is 5.24. The van der Waals surface area contributed by atoms with Gasteiger partial charge in [-0.3, -0.25) is 0 Å². The lowest BCUT2D eigenvalue weighted by Gasteiger charge is -2.22. The van der Waals surface area contributed by atoms with Crippen molar-refractivity contribution in [2.45, 2.75) is 38.9 Å². The van der Waals surface area contributed by atoms with Gasteiger partial charge in [0.05, 0.1) is 6.07 Å². The smallest absolute Gasteiger partial charge is 0.211 e. The van der Waals surface area contributed by atoms with Crippen LogP contribution in [0.5, 0.6) is 0 Å². The lowest BCUT2D eigenvalue weighted by atomic mass is 10.1. The Kier molecular flexibility index (Phi) is 5.84. The fourth-order valence-electron chi connectivity index (χ4n) is 1.26. The molecule has 0 heterocycles. The summed E-state index contributed by atoms with van der Waals surface area (Å²) < 4.78 is 25.0. The molecule has 0 aromatic carbocycles. The van der Waals surface area contributed by atoms with Gasteiger partial charge in [0.25, 0.3) is 0 Å². The van der Waals surface area contributed by atoms with E-state index < -0.39 is 15.3 Å². The third-order valence-electron chi connectivity index (χ3n) is 2.57. The second-order valence-electron chi connectivity index (χ2n) is 3.86. The van der Waals surface area contributed by atoms with Gasteiger partial charge in [0.1, 0.15) is 0 Å². The topological polar surface area (TPSA) is 61.2 Å². The average molecular weight is 232 g/mol. The molecule has 5 heteroatoms. The van der Waals surface area contributed by atoms with Crippen molar-refractivity contribution in [2.24, 2.45) is 5.92 Å². The molecule has 0 radical (unpaired) electrons. The third kappa shape index (κ3) is 3.80. The standard InChI is InChI=1S/C10H20N2O2S/c1-5-9(3)8-12(4)15(13,14)10(6-2)7-11/h9-10H,5-6,8H2,1-4H3. The van der Waals surface area contributed by atoms with E-state index in [2.05, 4.69) is 0 Å². The molecule has 0 aliphatic rings. The minimum Gasteiger partial charge on any atom is -0.211 e. The number of rotatable bonds is 6. The Morgan fingerprint density at radius 2 is 1.87 bits per heavy atom. The Balaban J connectivity index is 4.67. The molecular weight excluding hydrogens is 212 g/mol. The van der Waals surface area contributed by atoms with E-state index >= 15 is 0 Å². The van der Waals surface area contributed by atoms with Gasteiger partial charge in [0, 0.05) is 13.6 Å². The van der Waals surface area contributed by atoms with Crippen LogP contribution in [0.25, 0.3) is 0 Å². The largest absolute Gasteiger partial charge is 0.230 e. The average Bonchev–Trinajstić information content (AvgIpc) is 2.18. The van der Waals surface area contributed by atoms with Crippen LogP contribution >= 0.6 is 0 Å². The summed E-state index contributed by atoms with van der Waals surface area (Å²) in [7, 11) is -1.89. The monoisotopic (exact) mass is 232 g/mol. The van der Waals surface area contributed by atoms with Gasteiger partial charge in [-0.1, -0.05) is 27.2 Å².